The van der Waals surface area contributed by atoms with Crippen molar-refractivity contribution in [1.29, 1.82) is 0 Å². The molecule has 0 aliphatic carbocycles. The Balaban J connectivity index is 1.80. The number of likely N-dealkylation sites (tertiary alicyclic amines) is 1. The molecular formula is C12H13FN2O3. The molecule has 6 heteroatoms. The molecular weight excluding hydrogens is 239 g/mol. The van der Waals surface area contributed by atoms with Gasteiger partial charge in [0.2, 0.25) is 0 Å². The SMILES string of the molecule is O=C(O)CC1CN(C(=O)Nc2ccc(F)cc2)C1. The molecule has 1 aliphatic rings. The van der Waals surface area contributed by atoms with Crippen molar-refractivity contribution < 1.29 is 19.1 Å². The highest BCUT2D eigenvalue weighted by molar-refractivity contribution is 5.89. The van der Waals surface area contributed by atoms with Crippen molar-refractivity contribution >= 4 is 17.7 Å². The number of carboxylic acid groups (broad SMARTS) is 1. The summed E-state index contributed by atoms with van der Waals surface area (Å²) >= 11 is 0. The van der Waals surface area contributed by atoms with Gasteiger partial charge in [-0.3, -0.25) is 4.79 Å². The number of carbonyl (C=O) groups is 2. The number of carbonyl (C=O) groups excluding carboxylic acids is 1. The Morgan fingerprint density at radius 1 is 1.33 bits per heavy atom. The van der Waals surface area contributed by atoms with E-state index in [1.807, 2.05) is 0 Å². The van der Waals surface area contributed by atoms with E-state index in [1.54, 1.807) is 0 Å². The Labute approximate surface area is 103 Å². The van der Waals surface area contributed by atoms with Gasteiger partial charge in [-0.1, -0.05) is 0 Å². The topological polar surface area (TPSA) is 69.6 Å². The summed E-state index contributed by atoms with van der Waals surface area (Å²) in [5.74, 6) is -1.18. The summed E-state index contributed by atoms with van der Waals surface area (Å²) in [5.41, 5.74) is 0.517. The summed E-state index contributed by atoms with van der Waals surface area (Å²) in [6.45, 7) is 0.888. The molecule has 0 radical (unpaired) electrons. The number of nitrogens with one attached hydrogen (secondary N) is 1. The number of benzene rings is 1. The van der Waals surface area contributed by atoms with Crippen molar-refractivity contribution in [2.75, 3.05) is 18.4 Å². The lowest BCUT2D eigenvalue weighted by atomic mass is 9.97. The van der Waals surface area contributed by atoms with Crippen molar-refractivity contribution in [1.82, 2.24) is 4.90 Å². The zero-order valence-electron chi connectivity index (χ0n) is 9.60. The predicted molar refractivity (Wildman–Crippen MR) is 62.7 cm³/mol. The molecule has 5 nitrogen and oxygen atoms in total. The van der Waals surface area contributed by atoms with Crippen LogP contribution in [-0.2, 0) is 4.79 Å². The van der Waals surface area contributed by atoms with E-state index in [-0.39, 0.29) is 24.2 Å². The van der Waals surface area contributed by atoms with E-state index < -0.39 is 5.97 Å². The van der Waals surface area contributed by atoms with Crippen LogP contribution >= 0.6 is 0 Å². The van der Waals surface area contributed by atoms with Gasteiger partial charge in [0.05, 0.1) is 6.42 Å². The minimum Gasteiger partial charge on any atom is -0.481 e. The van der Waals surface area contributed by atoms with E-state index in [2.05, 4.69) is 5.32 Å². The van der Waals surface area contributed by atoms with Gasteiger partial charge in [-0.2, -0.15) is 0 Å². The van der Waals surface area contributed by atoms with Crippen LogP contribution in [0.15, 0.2) is 24.3 Å². The van der Waals surface area contributed by atoms with Crippen molar-refractivity contribution in [2.24, 2.45) is 5.92 Å². The minimum atomic E-state index is -0.849. The number of amides is 2. The van der Waals surface area contributed by atoms with Crippen molar-refractivity contribution in [3.05, 3.63) is 30.1 Å². The Hall–Kier alpha value is -2.11. The molecule has 18 heavy (non-hydrogen) atoms. The molecule has 1 heterocycles. The monoisotopic (exact) mass is 252 g/mol. The summed E-state index contributed by atoms with van der Waals surface area (Å²) in [6, 6.07) is 5.18. The van der Waals surface area contributed by atoms with Gasteiger partial charge in [0, 0.05) is 24.7 Å². The van der Waals surface area contributed by atoms with Crippen LogP contribution in [0.2, 0.25) is 0 Å². The number of hydrogen-bond acceptors (Lipinski definition) is 2. The third kappa shape index (κ3) is 2.97. The Bertz CT molecular complexity index is 455. The van der Waals surface area contributed by atoms with Gasteiger partial charge in [0.1, 0.15) is 5.82 Å². The van der Waals surface area contributed by atoms with Crippen LogP contribution in [0.5, 0.6) is 0 Å². The molecule has 0 atom stereocenters. The number of halogens is 1. The molecule has 1 fully saturated rings. The van der Waals surface area contributed by atoms with E-state index in [0.717, 1.165) is 0 Å². The molecule has 1 aromatic rings. The smallest absolute Gasteiger partial charge is 0.321 e. The molecule has 96 valence electrons. The van der Waals surface area contributed by atoms with Crippen LogP contribution < -0.4 is 5.32 Å². The van der Waals surface area contributed by atoms with Crippen LogP contribution in [0.25, 0.3) is 0 Å². The van der Waals surface area contributed by atoms with Gasteiger partial charge in [-0.05, 0) is 24.3 Å². The number of urea groups is 1. The van der Waals surface area contributed by atoms with E-state index in [1.165, 1.54) is 29.2 Å². The molecule has 1 aromatic carbocycles. The summed E-state index contributed by atoms with van der Waals surface area (Å²) in [4.78, 5) is 23.7. The third-order valence-corrected chi connectivity index (χ3v) is 2.80. The minimum absolute atomic E-state index is 0.0291. The first kappa shape index (κ1) is 12.3. The second kappa shape index (κ2) is 5.03. The van der Waals surface area contributed by atoms with Gasteiger partial charge in [0.25, 0.3) is 0 Å². The molecule has 1 aliphatic heterocycles. The first-order valence-corrected chi connectivity index (χ1v) is 5.58. The number of hydrogen-bond donors (Lipinski definition) is 2. The maximum Gasteiger partial charge on any atom is 0.321 e. The average Bonchev–Trinajstić information content (AvgIpc) is 2.25. The van der Waals surface area contributed by atoms with Gasteiger partial charge < -0.3 is 15.3 Å². The lowest BCUT2D eigenvalue weighted by Crippen LogP contribution is -2.52. The fraction of sp³-hybridized carbons (Fsp3) is 0.333. The van der Waals surface area contributed by atoms with E-state index in [0.29, 0.717) is 18.8 Å². The molecule has 0 spiro atoms. The fourth-order valence-corrected chi connectivity index (χ4v) is 1.85. The Kier molecular flexibility index (Phi) is 3.45. The number of nitrogens with zero attached hydrogens (tertiary/aromatic N) is 1. The summed E-state index contributed by atoms with van der Waals surface area (Å²) < 4.78 is 12.7. The van der Waals surface area contributed by atoms with Crippen LogP contribution in [0.3, 0.4) is 0 Å². The fourth-order valence-electron chi connectivity index (χ4n) is 1.85. The normalized spacial score (nSPS) is 15.1. The largest absolute Gasteiger partial charge is 0.481 e. The molecule has 0 aromatic heterocycles. The van der Waals surface area contributed by atoms with E-state index in [9.17, 15) is 14.0 Å². The highest BCUT2D eigenvalue weighted by Gasteiger charge is 2.31. The summed E-state index contributed by atoms with van der Waals surface area (Å²) in [5, 5.41) is 11.2. The predicted octanol–water partition coefficient (Wildman–Crippen LogP) is 1.76. The number of rotatable bonds is 3. The first-order valence-electron chi connectivity index (χ1n) is 5.58. The molecule has 0 saturated carbocycles. The average molecular weight is 252 g/mol. The van der Waals surface area contributed by atoms with Gasteiger partial charge in [-0.25, -0.2) is 9.18 Å². The van der Waals surface area contributed by atoms with Crippen LogP contribution in [-0.4, -0.2) is 35.1 Å². The Morgan fingerprint density at radius 2 is 1.94 bits per heavy atom. The quantitative estimate of drug-likeness (QED) is 0.861. The van der Waals surface area contributed by atoms with Gasteiger partial charge in [-0.15, -0.1) is 0 Å². The summed E-state index contributed by atoms with van der Waals surface area (Å²) in [6.07, 6.45) is 0.0837. The highest BCUT2D eigenvalue weighted by Crippen LogP contribution is 2.20. The van der Waals surface area contributed by atoms with E-state index in [4.69, 9.17) is 5.11 Å². The van der Waals surface area contributed by atoms with E-state index >= 15 is 0 Å². The number of carboxylic acids is 1. The van der Waals surface area contributed by atoms with Crippen LogP contribution in [0, 0.1) is 11.7 Å². The van der Waals surface area contributed by atoms with Crippen molar-refractivity contribution in [2.45, 2.75) is 6.42 Å². The zero-order valence-corrected chi connectivity index (χ0v) is 9.60. The standard InChI is InChI=1S/C12H13FN2O3/c13-9-1-3-10(4-2-9)14-12(18)15-6-8(7-15)5-11(16)17/h1-4,8H,5-7H2,(H,14,18)(H,16,17). The molecule has 2 amide bonds. The first-order chi connectivity index (χ1) is 8.54. The number of anilines is 1. The van der Waals surface area contributed by atoms with Gasteiger partial charge >= 0.3 is 12.0 Å². The van der Waals surface area contributed by atoms with Crippen LogP contribution in [0.4, 0.5) is 14.9 Å². The molecule has 2 N–H and O–H groups in total. The lowest BCUT2D eigenvalue weighted by Gasteiger charge is -2.38. The Morgan fingerprint density at radius 3 is 2.50 bits per heavy atom. The van der Waals surface area contributed by atoms with Gasteiger partial charge in [0.15, 0.2) is 0 Å². The third-order valence-electron chi connectivity index (χ3n) is 2.80. The maximum absolute atomic E-state index is 12.7. The zero-order chi connectivity index (χ0) is 13.1. The summed E-state index contributed by atoms with van der Waals surface area (Å²) in [7, 11) is 0. The molecule has 1 saturated heterocycles. The van der Waals surface area contributed by atoms with Crippen molar-refractivity contribution in [3.8, 4) is 0 Å². The molecule has 2 rings (SSSR count). The second-order valence-corrected chi connectivity index (χ2v) is 4.31. The maximum atomic E-state index is 12.7. The molecule has 0 bridgehead atoms. The highest BCUT2D eigenvalue weighted by atomic mass is 19.1. The molecule has 0 unspecified atom stereocenters. The second-order valence-electron chi connectivity index (χ2n) is 4.31. The van der Waals surface area contributed by atoms with Crippen LogP contribution in [0.1, 0.15) is 6.42 Å². The lowest BCUT2D eigenvalue weighted by molar-refractivity contribution is -0.139. The number of aliphatic carboxylic acids is 1. The van der Waals surface area contributed by atoms with Crippen molar-refractivity contribution in [3.63, 3.8) is 0 Å².